The summed E-state index contributed by atoms with van der Waals surface area (Å²) in [6.07, 6.45) is 1.68. The largest absolute Gasteiger partial charge is 0.383 e. The van der Waals surface area contributed by atoms with Crippen LogP contribution in [-0.2, 0) is 4.74 Å². The summed E-state index contributed by atoms with van der Waals surface area (Å²) < 4.78 is 6.67. The molecule has 7 nitrogen and oxygen atoms in total. The second kappa shape index (κ2) is 5.24. The minimum absolute atomic E-state index is 0.0389. The van der Waals surface area contributed by atoms with Gasteiger partial charge in [0.05, 0.1) is 18.8 Å². The molecule has 2 N–H and O–H groups in total. The molecule has 1 unspecified atom stereocenters. The Labute approximate surface area is 99.5 Å². The minimum atomic E-state index is -0.215. The first-order chi connectivity index (χ1) is 8.20. The van der Waals surface area contributed by atoms with Crippen molar-refractivity contribution in [3.63, 3.8) is 0 Å². The van der Waals surface area contributed by atoms with Crippen LogP contribution in [0.25, 0.3) is 0 Å². The number of hydrogen-bond acceptors (Lipinski definition) is 5. The molecule has 1 saturated heterocycles. The molecule has 7 heteroatoms. The first-order valence-corrected chi connectivity index (χ1v) is 5.63. The number of methoxy groups -OCH3 is 1. The standard InChI is InChI=1S/C10H17N5O2/c1-7(6-17-2)12-10(16)9-5-15(14-13-9)8-3-11-4-8/h5,7-8,11H,3-4,6H2,1-2H3,(H,12,16). The molecule has 1 amide bonds. The Morgan fingerprint density at radius 2 is 2.53 bits per heavy atom. The van der Waals surface area contributed by atoms with E-state index in [2.05, 4.69) is 20.9 Å². The van der Waals surface area contributed by atoms with Crippen molar-refractivity contribution >= 4 is 5.91 Å². The van der Waals surface area contributed by atoms with Gasteiger partial charge in [0.2, 0.25) is 0 Å². The van der Waals surface area contributed by atoms with Gasteiger partial charge < -0.3 is 15.4 Å². The van der Waals surface area contributed by atoms with E-state index in [-0.39, 0.29) is 11.9 Å². The molecule has 0 spiro atoms. The average Bonchev–Trinajstić information content (AvgIpc) is 2.64. The molecule has 0 bridgehead atoms. The van der Waals surface area contributed by atoms with Gasteiger partial charge in [-0.3, -0.25) is 4.79 Å². The summed E-state index contributed by atoms with van der Waals surface area (Å²) in [6, 6.07) is 0.281. The fraction of sp³-hybridized carbons (Fsp3) is 0.700. The lowest BCUT2D eigenvalue weighted by Gasteiger charge is -2.26. The van der Waals surface area contributed by atoms with Crippen LogP contribution in [0.1, 0.15) is 23.5 Å². The predicted molar refractivity (Wildman–Crippen MR) is 60.7 cm³/mol. The quantitative estimate of drug-likeness (QED) is 0.702. The van der Waals surface area contributed by atoms with E-state index in [9.17, 15) is 4.79 Å². The van der Waals surface area contributed by atoms with Gasteiger partial charge in [-0.15, -0.1) is 5.10 Å². The summed E-state index contributed by atoms with van der Waals surface area (Å²) >= 11 is 0. The molecule has 0 saturated carbocycles. The Kier molecular flexibility index (Phi) is 3.70. The van der Waals surface area contributed by atoms with Crippen LogP contribution in [0.5, 0.6) is 0 Å². The molecule has 0 radical (unpaired) electrons. The van der Waals surface area contributed by atoms with Gasteiger partial charge in [-0.1, -0.05) is 5.21 Å². The Morgan fingerprint density at radius 1 is 1.76 bits per heavy atom. The Hall–Kier alpha value is -1.47. The van der Waals surface area contributed by atoms with Crippen molar-refractivity contribution in [1.29, 1.82) is 0 Å². The van der Waals surface area contributed by atoms with Gasteiger partial charge in [0.15, 0.2) is 5.69 Å². The molecule has 0 aromatic carbocycles. The average molecular weight is 239 g/mol. The number of nitrogens with zero attached hydrogens (tertiary/aromatic N) is 3. The number of nitrogens with one attached hydrogen (secondary N) is 2. The van der Waals surface area contributed by atoms with Crippen molar-refractivity contribution in [2.75, 3.05) is 26.8 Å². The lowest BCUT2D eigenvalue weighted by atomic mass is 10.2. The third-order valence-corrected chi connectivity index (χ3v) is 2.67. The maximum absolute atomic E-state index is 11.8. The molecule has 1 aliphatic heterocycles. The van der Waals surface area contributed by atoms with Gasteiger partial charge in [-0.25, -0.2) is 4.68 Å². The normalized spacial score (nSPS) is 17.5. The van der Waals surface area contributed by atoms with Gasteiger partial charge in [-0.05, 0) is 6.92 Å². The molecule has 0 aliphatic carbocycles. The first-order valence-electron chi connectivity index (χ1n) is 5.63. The summed E-state index contributed by atoms with van der Waals surface area (Å²) in [4.78, 5) is 11.8. The van der Waals surface area contributed by atoms with E-state index in [4.69, 9.17) is 4.74 Å². The SMILES string of the molecule is COCC(C)NC(=O)c1cn(C2CNC2)nn1. The first kappa shape index (κ1) is 12.0. The highest BCUT2D eigenvalue weighted by Crippen LogP contribution is 2.09. The predicted octanol–water partition coefficient (Wildman–Crippen LogP) is -0.813. The smallest absolute Gasteiger partial charge is 0.273 e. The van der Waals surface area contributed by atoms with E-state index < -0.39 is 0 Å². The molecule has 94 valence electrons. The minimum Gasteiger partial charge on any atom is -0.383 e. The summed E-state index contributed by atoms with van der Waals surface area (Å²) in [5.41, 5.74) is 0.347. The van der Waals surface area contributed by atoms with Gasteiger partial charge in [-0.2, -0.15) is 0 Å². The summed E-state index contributed by atoms with van der Waals surface area (Å²) in [7, 11) is 1.60. The van der Waals surface area contributed by atoms with Crippen LogP contribution < -0.4 is 10.6 Å². The highest BCUT2D eigenvalue weighted by atomic mass is 16.5. The van der Waals surface area contributed by atoms with Crippen LogP contribution in [0.15, 0.2) is 6.20 Å². The van der Waals surface area contributed by atoms with Crippen LogP contribution in [0.2, 0.25) is 0 Å². The molecule has 2 rings (SSSR count). The second-order valence-electron chi connectivity index (χ2n) is 4.23. The maximum atomic E-state index is 11.8. The zero-order valence-electron chi connectivity index (χ0n) is 10.0. The number of rotatable bonds is 5. The van der Waals surface area contributed by atoms with Crippen molar-refractivity contribution in [2.45, 2.75) is 19.0 Å². The molecule has 1 aromatic heterocycles. The zero-order valence-corrected chi connectivity index (χ0v) is 10.0. The molecular weight excluding hydrogens is 222 g/mol. The van der Waals surface area contributed by atoms with E-state index in [1.807, 2.05) is 6.92 Å². The number of aromatic nitrogens is 3. The van der Waals surface area contributed by atoms with Crippen LogP contribution in [-0.4, -0.2) is 53.7 Å². The van der Waals surface area contributed by atoms with Crippen LogP contribution in [0.4, 0.5) is 0 Å². The Bertz CT molecular complexity index is 388. The zero-order chi connectivity index (χ0) is 12.3. The Morgan fingerprint density at radius 3 is 3.12 bits per heavy atom. The third-order valence-electron chi connectivity index (χ3n) is 2.67. The number of hydrogen-bond donors (Lipinski definition) is 2. The monoisotopic (exact) mass is 239 g/mol. The number of amides is 1. The van der Waals surface area contributed by atoms with E-state index in [0.717, 1.165) is 13.1 Å². The van der Waals surface area contributed by atoms with Gasteiger partial charge in [0.1, 0.15) is 0 Å². The van der Waals surface area contributed by atoms with E-state index in [0.29, 0.717) is 18.3 Å². The molecule has 17 heavy (non-hydrogen) atoms. The fourth-order valence-electron chi connectivity index (χ4n) is 1.61. The number of carbonyl (C=O) groups is 1. The van der Waals surface area contributed by atoms with E-state index in [1.165, 1.54) is 0 Å². The van der Waals surface area contributed by atoms with Gasteiger partial charge >= 0.3 is 0 Å². The lowest BCUT2D eigenvalue weighted by molar-refractivity contribution is 0.0900. The summed E-state index contributed by atoms with van der Waals surface area (Å²) in [5.74, 6) is -0.215. The van der Waals surface area contributed by atoms with Crippen LogP contribution >= 0.6 is 0 Å². The fourth-order valence-corrected chi connectivity index (χ4v) is 1.61. The van der Waals surface area contributed by atoms with Crippen molar-refractivity contribution < 1.29 is 9.53 Å². The molecular formula is C10H17N5O2. The maximum Gasteiger partial charge on any atom is 0.273 e. The lowest BCUT2D eigenvalue weighted by Crippen LogP contribution is -2.43. The molecule has 1 fully saturated rings. The van der Waals surface area contributed by atoms with E-state index >= 15 is 0 Å². The topological polar surface area (TPSA) is 81.1 Å². The summed E-state index contributed by atoms with van der Waals surface area (Å²) in [6.45, 7) is 4.11. The van der Waals surface area contributed by atoms with Gasteiger partial charge in [0.25, 0.3) is 5.91 Å². The van der Waals surface area contributed by atoms with Crippen molar-refractivity contribution in [1.82, 2.24) is 25.6 Å². The molecule has 1 aliphatic rings. The van der Waals surface area contributed by atoms with Crippen LogP contribution in [0.3, 0.4) is 0 Å². The van der Waals surface area contributed by atoms with Gasteiger partial charge in [0, 0.05) is 26.2 Å². The molecule has 2 heterocycles. The molecule has 1 aromatic rings. The van der Waals surface area contributed by atoms with Crippen molar-refractivity contribution in [3.8, 4) is 0 Å². The molecule has 1 atom stereocenters. The van der Waals surface area contributed by atoms with Crippen molar-refractivity contribution in [2.24, 2.45) is 0 Å². The third kappa shape index (κ3) is 2.80. The number of carbonyl (C=O) groups excluding carboxylic acids is 1. The summed E-state index contributed by atoms with van der Waals surface area (Å²) in [5, 5.41) is 13.7. The Balaban J connectivity index is 1.92. The second-order valence-corrected chi connectivity index (χ2v) is 4.23. The number of ether oxygens (including phenoxy) is 1. The van der Waals surface area contributed by atoms with Crippen molar-refractivity contribution in [3.05, 3.63) is 11.9 Å². The highest BCUT2D eigenvalue weighted by molar-refractivity contribution is 5.92. The van der Waals surface area contributed by atoms with E-state index in [1.54, 1.807) is 18.0 Å². The highest BCUT2D eigenvalue weighted by Gasteiger charge is 2.21. The van der Waals surface area contributed by atoms with Crippen LogP contribution in [0, 0.1) is 0 Å².